The molecule has 11 heteroatoms. The molecule has 0 atom stereocenters. The first-order valence-electron chi connectivity index (χ1n) is 8.65. The number of rotatable bonds is 7. The van der Waals surface area contributed by atoms with Crippen LogP contribution < -0.4 is 10.6 Å². The summed E-state index contributed by atoms with van der Waals surface area (Å²) in [5, 5.41) is 7.92. The fraction of sp³-hybridized carbons (Fsp3) is 0.500. The van der Waals surface area contributed by atoms with Crippen molar-refractivity contribution in [3.8, 4) is 0 Å². The number of nitrogens with one attached hydrogen (secondary N) is 2. The van der Waals surface area contributed by atoms with E-state index in [0.29, 0.717) is 31.4 Å². The molecule has 0 aliphatic carbocycles. The highest BCUT2D eigenvalue weighted by Gasteiger charge is 2.27. The van der Waals surface area contributed by atoms with Crippen LogP contribution in [0.1, 0.15) is 23.9 Å². The lowest BCUT2D eigenvalue weighted by molar-refractivity contribution is 0.0731. The van der Waals surface area contributed by atoms with Crippen molar-refractivity contribution >= 4 is 43.9 Å². The van der Waals surface area contributed by atoms with Crippen molar-refractivity contribution < 1.29 is 17.9 Å². The largest absolute Gasteiger partial charge is 0.379 e. The van der Waals surface area contributed by atoms with Gasteiger partial charge in [-0.2, -0.15) is 4.31 Å². The van der Waals surface area contributed by atoms with Crippen LogP contribution in [0.5, 0.6) is 0 Å². The molecule has 1 aliphatic heterocycles. The van der Waals surface area contributed by atoms with Gasteiger partial charge in [0.05, 0.1) is 25.5 Å². The first-order valence-corrected chi connectivity index (χ1v) is 11.8. The van der Waals surface area contributed by atoms with E-state index in [4.69, 9.17) is 4.74 Å². The number of aromatic nitrogens is 1. The lowest BCUT2D eigenvalue weighted by Crippen LogP contribution is -2.40. The number of thiazole rings is 1. The maximum absolute atomic E-state index is 12.6. The molecule has 1 fully saturated rings. The molecule has 3 heterocycles. The summed E-state index contributed by atoms with van der Waals surface area (Å²) in [5.41, 5.74) is 0.967. The third-order valence-corrected chi connectivity index (χ3v) is 8.16. The molecule has 2 aromatic heterocycles. The average Bonchev–Trinajstić information content (AvgIpc) is 3.31. The van der Waals surface area contributed by atoms with E-state index in [1.165, 1.54) is 27.0 Å². The van der Waals surface area contributed by atoms with E-state index in [9.17, 15) is 13.2 Å². The SMILES string of the molecule is CCCc1csc(NC(=O)NCc2ccc(S(=O)(=O)N3CCOCC3)s2)n1. The third kappa shape index (κ3) is 5.26. The standard InChI is InChI=1S/C16H22N4O4S3/c1-2-3-12-11-25-16(18-12)19-15(21)17-10-13-4-5-14(26-13)27(22,23)20-6-8-24-9-7-20/h4-5,11H,2-3,6-10H2,1H3,(H2,17,18,19,21). The van der Waals surface area contributed by atoms with Gasteiger partial charge < -0.3 is 10.1 Å². The molecule has 1 aliphatic rings. The van der Waals surface area contributed by atoms with Crippen LogP contribution in [0.4, 0.5) is 9.93 Å². The Morgan fingerprint density at radius 2 is 2.11 bits per heavy atom. The monoisotopic (exact) mass is 430 g/mol. The highest BCUT2D eigenvalue weighted by atomic mass is 32.2. The van der Waals surface area contributed by atoms with Gasteiger partial charge in [0.15, 0.2) is 5.13 Å². The minimum absolute atomic E-state index is 0.252. The fourth-order valence-electron chi connectivity index (χ4n) is 2.55. The molecule has 27 heavy (non-hydrogen) atoms. The van der Waals surface area contributed by atoms with Crippen molar-refractivity contribution in [1.29, 1.82) is 0 Å². The molecule has 148 valence electrons. The van der Waals surface area contributed by atoms with E-state index in [2.05, 4.69) is 22.5 Å². The predicted molar refractivity (Wildman–Crippen MR) is 106 cm³/mol. The second-order valence-corrected chi connectivity index (χ2v) is 10.1. The molecule has 0 unspecified atom stereocenters. The van der Waals surface area contributed by atoms with E-state index in [1.807, 2.05) is 5.38 Å². The van der Waals surface area contributed by atoms with Gasteiger partial charge in [0.1, 0.15) is 4.21 Å². The number of hydrogen-bond donors (Lipinski definition) is 2. The Bertz CT molecular complexity index is 872. The summed E-state index contributed by atoms with van der Waals surface area (Å²) in [7, 11) is -3.50. The first kappa shape index (κ1) is 20.2. The van der Waals surface area contributed by atoms with Crippen LogP contribution in [0.3, 0.4) is 0 Å². The Morgan fingerprint density at radius 1 is 1.33 bits per heavy atom. The molecular weight excluding hydrogens is 408 g/mol. The predicted octanol–water partition coefficient (Wildman–Crippen LogP) is 2.50. The molecule has 3 rings (SSSR count). The number of anilines is 1. The van der Waals surface area contributed by atoms with Crippen LogP contribution >= 0.6 is 22.7 Å². The summed E-state index contributed by atoms with van der Waals surface area (Å²) in [5.74, 6) is 0. The molecule has 0 saturated carbocycles. The molecule has 0 radical (unpaired) electrons. The van der Waals surface area contributed by atoms with Crippen molar-refractivity contribution in [3.63, 3.8) is 0 Å². The fourth-order valence-corrected chi connectivity index (χ4v) is 6.15. The summed E-state index contributed by atoms with van der Waals surface area (Å²) < 4.78 is 32.1. The molecule has 1 saturated heterocycles. The zero-order chi connectivity index (χ0) is 19.3. The van der Waals surface area contributed by atoms with Gasteiger partial charge >= 0.3 is 6.03 Å². The van der Waals surface area contributed by atoms with Gasteiger partial charge in [0, 0.05) is 23.3 Å². The summed E-state index contributed by atoms with van der Waals surface area (Å²) >= 11 is 2.55. The van der Waals surface area contributed by atoms with Crippen LogP contribution in [0, 0.1) is 0 Å². The maximum atomic E-state index is 12.6. The Morgan fingerprint density at radius 3 is 2.85 bits per heavy atom. The average molecular weight is 431 g/mol. The van der Waals surface area contributed by atoms with Crippen LogP contribution in [0.15, 0.2) is 21.7 Å². The first-order chi connectivity index (χ1) is 13.0. The molecule has 0 spiro atoms. The number of nitrogens with zero attached hydrogens (tertiary/aromatic N) is 2. The summed E-state index contributed by atoms with van der Waals surface area (Å²) in [4.78, 5) is 17.1. The van der Waals surface area contributed by atoms with Crippen LogP contribution in [-0.4, -0.2) is 50.0 Å². The molecule has 2 aromatic rings. The van der Waals surface area contributed by atoms with Gasteiger partial charge in [-0.3, -0.25) is 5.32 Å². The summed E-state index contributed by atoms with van der Waals surface area (Å²) in [6, 6.07) is 2.95. The second-order valence-electron chi connectivity index (χ2n) is 5.94. The smallest absolute Gasteiger partial charge is 0.321 e. The molecule has 0 bridgehead atoms. The number of hydrogen-bond acceptors (Lipinski definition) is 7. The zero-order valence-electron chi connectivity index (χ0n) is 14.9. The number of carbonyl (C=O) groups is 1. The Hall–Kier alpha value is -1.53. The van der Waals surface area contributed by atoms with Crippen LogP contribution in [-0.2, 0) is 27.7 Å². The highest BCUT2D eigenvalue weighted by Crippen LogP contribution is 2.25. The van der Waals surface area contributed by atoms with Crippen LogP contribution in [0.2, 0.25) is 0 Å². The molecule has 8 nitrogen and oxygen atoms in total. The zero-order valence-corrected chi connectivity index (χ0v) is 17.4. The van der Waals surface area contributed by atoms with E-state index >= 15 is 0 Å². The normalized spacial score (nSPS) is 15.6. The minimum Gasteiger partial charge on any atom is -0.379 e. The van der Waals surface area contributed by atoms with Gasteiger partial charge in [0.2, 0.25) is 0 Å². The Labute approximate surface area is 166 Å². The summed E-state index contributed by atoms with van der Waals surface area (Å²) in [6.07, 6.45) is 1.89. The van der Waals surface area contributed by atoms with Gasteiger partial charge in [-0.25, -0.2) is 18.2 Å². The van der Waals surface area contributed by atoms with Gasteiger partial charge in [-0.1, -0.05) is 13.3 Å². The summed E-state index contributed by atoms with van der Waals surface area (Å²) in [6.45, 7) is 3.88. The number of morpholine rings is 1. The van der Waals surface area contributed by atoms with Crippen molar-refractivity contribution in [2.75, 3.05) is 31.6 Å². The van der Waals surface area contributed by atoms with Crippen molar-refractivity contribution in [3.05, 3.63) is 28.1 Å². The molecule has 0 aromatic carbocycles. The van der Waals surface area contributed by atoms with E-state index < -0.39 is 10.0 Å². The third-order valence-electron chi connectivity index (χ3n) is 3.90. The number of sulfonamides is 1. The molecule has 2 amide bonds. The number of thiophene rings is 1. The number of ether oxygens (including phenoxy) is 1. The van der Waals surface area contributed by atoms with Crippen molar-refractivity contribution in [1.82, 2.24) is 14.6 Å². The van der Waals surface area contributed by atoms with Crippen LogP contribution in [0.25, 0.3) is 0 Å². The maximum Gasteiger partial charge on any atom is 0.321 e. The Kier molecular flexibility index (Phi) is 6.82. The number of carbonyl (C=O) groups excluding carboxylic acids is 1. The highest BCUT2D eigenvalue weighted by molar-refractivity contribution is 7.91. The number of amides is 2. The molecule has 2 N–H and O–H groups in total. The van der Waals surface area contributed by atoms with E-state index in [-0.39, 0.29) is 16.8 Å². The minimum atomic E-state index is -3.50. The van der Waals surface area contributed by atoms with Crippen molar-refractivity contribution in [2.24, 2.45) is 0 Å². The van der Waals surface area contributed by atoms with E-state index in [0.717, 1.165) is 23.4 Å². The lowest BCUT2D eigenvalue weighted by atomic mass is 10.3. The van der Waals surface area contributed by atoms with Gasteiger partial charge in [-0.15, -0.1) is 22.7 Å². The second kappa shape index (κ2) is 9.11. The number of urea groups is 1. The van der Waals surface area contributed by atoms with Gasteiger partial charge in [-0.05, 0) is 18.6 Å². The lowest BCUT2D eigenvalue weighted by Gasteiger charge is -2.25. The topological polar surface area (TPSA) is 101 Å². The number of aryl methyl sites for hydroxylation is 1. The van der Waals surface area contributed by atoms with Crippen molar-refractivity contribution in [2.45, 2.75) is 30.5 Å². The van der Waals surface area contributed by atoms with Gasteiger partial charge in [0.25, 0.3) is 10.0 Å². The quantitative estimate of drug-likeness (QED) is 0.703. The molecular formula is C16H22N4O4S3. The van der Waals surface area contributed by atoms with E-state index in [1.54, 1.807) is 12.1 Å². The Balaban J connectivity index is 1.53.